The van der Waals surface area contributed by atoms with Crippen LogP contribution in [0.5, 0.6) is 0 Å². The molecule has 3 atom stereocenters. The predicted molar refractivity (Wildman–Crippen MR) is 108 cm³/mol. The molecule has 1 aromatic carbocycles. The van der Waals surface area contributed by atoms with Gasteiger partial charge in [0.15, 0.2) is 0 Å². The van der Waals surface area contributed by atoms with Gasteiger partial charge in [0.05, 0.1) is 17.4 Å². The first-order chi connectivity index (χ1) is 13.1. The first-order valence-electron chi connectivity index (χ1n) is 10.2. The molecule has 1 aromatic rings. The van der Waals surface area contributed by atoms with E-state index in [2.05, 4.69) is 20.8 Å². The minimum absolute atomic E-state index is 0.0616. The second-order valence-electron chi connectivity index (χ2n) is 8.50. The Balaban J connectivity index is 1.85. The van der Waals surface area contributed by atoms with Crippen molar-refractivity contribution in [1.29, 1.82) is 0 Å². The summed E-state index contributed by atoms with van der Waals surface area (Å²) >= 11 is 0. The van der Waals surface area contributed by atoms with Crippen molar-refractivity contribution < 1.29 is 22.2 Å². The SMILES string of the molecule is Cc1ccc(S(=O)(=O)OCC2C(=O)C(=O)C2CCC(C)CCCC(C)C)cc1. The van der Waals surface area contributed by atoms with E-state index in [4.69, 9.17) is 4.18 Å². The van der Waals surface area contributed by atoms with Crippen LogP contribution in [0.1, 0.15) is 58.4 Å². The molecule has 156 valence electrons. The van der Waals surface area contributed by atoms with E-state index in [0.717, 1.165) is 24.8 Å². The van der Waals surface area contributed by atoms with E-state index >= 15 is 0 Å². The lowest BCUT2D eigenvalue weighted by atomic mass is 9.68. The third kappa shape index (κ3) is 5.98. The lowest BCUT2D eigenvalue weighted by molar-refractivity contribution is -0.154. The highest BCUT2D eigenvalue weighted by Gasteiger charge is 2.49. The Hall–Kier alpha value is -1.53. The van der Waals surface area contributed by atoms with Crippen LogP contribution in [0.2, 0.25) is 0 Å². The molecule has 0 saturated heterocycles. The largest absolute Gasteiger partial charge is 0.296 e. The Morgan fingerprint density at radius 3 is 2.14 bits per heavy atom. The van der Waals surface area contributed by atoms with Gasteiger partial charge in [-0.25, -0.2) is 0 Å². The minimum Gasteiger partial charge on any atom is -0.291 e. The molecule has 28 heavy (non-hydrogen) atoms. The summed E-state index contributed by atoms with van der Waals surface area (Å²) in [6.45, 7) is 8.19. The molecule has 1 aliphatic rings. The maximum Gasteiger partial charge on any atom is 0.296 e. The number of hydrogen-bond acceptors (Lipinski definition) is 5. The highest BCUT2D eigenvalue weighted by Crippen LogP contribution is 2.34. The third-order valence-corrected chi connectivity index (χ3v) is 6.86. The fraction of sp³-hybridized carbons (Fsp3) is 0.636. The van der Waals surface area contributed by atoms with Crippen molar-refractivity contribution in [3.63, 3.8) is 0 Å². The summed E-state index contributed by atoms with van der Waals surface area (Å²) in [5, 5.41) is 0. The molecule has 0 N–H and O–H groups in total. The molecular weight excluding hydrogens is 376 g/mol. The van der Waals surface area contributed by atoms with Crippen molar-refractivity contribution in [1.82, 2.24) is 0 Å². The third-order valence-electron chi connectivity index (χ3n) is 5.56. The first kappa shape index (κ1) is 22.8. The standard InChI is InChI=1S/C22H32O5S/c1-15(2)6-5-7-16(3)10-13-19-20(22(24)21(19)23)14-27-28(25,26)18-11-8-17(4)9-12-18/h8-9,11-12,15-16,19-20H,5-7,10,13-14H2,1-4H3. The number of hydrogen-bond donors (Lipinski definition) is 0. The van der Waals surface area contributed by atoms with Gasteiger partial charge < -0.3 is 0 Å². The van der Waals surface area contributed by atoms with E-state index in [1.165, 1.54) is 18.6 Å². The zero-order chi connectivity index (χ0) is 20.9. The summed E-state index contributed by atoms with van der Waals surface area (Å²) in [5.41, 5.74) is 0.946. The molecule has 1 saturated carbocycles. The van der Waals surface area contributed by atoms with Gasteiger partial charge in [0.1, 0.15) is 0 Å². The van der Waals surface area contributed by atoms with Gasteiger partial charge in [0, 0.05) is 5.92 Å². The van der Waals surface area contributed by atoms with Crippen molar-refractivity contribution in [2.75, 3.05) is 6.61 Å². The second-order valence-corrected chi connectivity index (χ2v) is 10.1. The van der Waals surface area contributed by atoms with Crippen LogP contribution < -0.4 is 0 Å². The minimum atomic E-state index is -3.93. The predicted octanol–water partition coefficient (Wildman–Crippen LogP) is 4.33. The summed E-state index contributed by atoms with van der Waals surface area (Å²) in [7, 11) is -3.93. The van der Waals surface area contributed by atoms with Crippen molar-refractivity contribution in [3.8, 4) is 0 Å². The maximum absolute atomic E-state index is 12.3. The molecule has 0 heterocycles. The second kappa shape index (κ2) is 9.79. The Bertz CT molecular complexity index is 780. The topological polar surface area (TPSA) is 77.5 Å². The molecule has 6 heteroatoms. The molecular formula is C22H32O5S. The van der Waals surface area contributed by atoms with Crippen LogP contribution in [0.25, 0.3) is 0 Å². The smallest absolute Gasteiger partial charge is 0.291 e. The van der Waals surface area contributed by atoms with Crippen LogP contribution in [-0.2, 0) is 23.9 Å². The first-order valence-corrected chi connectivity index (χ1v) is 11.6. The van der Waals surface area contributed by atoms with Crippen molar-refractivity contribution in [2.45, 2.75) is 64.7 Å². The fourth-order valence-electron chi connectivity index (χ4n) is 3.58. The molecule has 1 aliphatic carbocycles. The van der Waals surface area contributed by atoms with Crippen molar-refractivity contribution in [2.24, 2.45) is 23.7 Å². The van der Waals surface area contributed by atoms with Crippen LogP contribution >= 0.6 is 0 Å². The van der Waals surface area contributed by atoms with E-state index in [1.54, 1.807) is 12.1 Å². The normalized spacial score (nSPS) is 21.0. The van der Waals surface area contributed by atoms with Crippen molar-refractivity contribution >= 4 is 21.7 Å². The zero-order valence-corrected chi connectivity index (χ0v) is 18.1. The van der Waals surface area contributed by atoms with Crippen molar-refractivity contribution in [3.05, 3.63) is 29.8 Å². The van der Waals surface area contributed by atoms with E-state index in [1.807, 2.05) is 6.92 Å². The van der Waals surface area contributed by atoms with Gasteiger partial charge in [0.25, 0.3) is 10.1 Å². The molecule has 0 aliphatic heterocycles. The number of aryl methyl sites for hydroxylation is 1. The molecule has 1 fully saturated rings. The highest BCUT2D eigenvalue weighted by atomic mass is 32.2. The average Bonchev–Trinajstić information content (AvgIpc) is 2.63. The van der Waals surface area contributed by atoms with Gasteiger partial charge >= 0.3 is 0 Å². The van der Waals surface area contributed by atoms with E-state index in [-0.39, 0.29) is 17.3 Å². The maximum atomic E-state index is 12.3. The van der Waals surface area contributed by atoms with Gasteiger partial charge in [-0.05, 0) is 43.7 Å². The molecule has 0 amide bonds. The van der Waals surface area contributed by atoms with Gasteiger partial charge in [-0.3, -0.25) is 13.8 Å². The number of carbonyl (C=O) groups excluding carboxylic acids is 2. The van der Waals surface area contributed by atoms with E-state index in [9.17, 15) is 18.0 Å². The summed E-state index contributed by atoms with van der Waals surface area (Å²) in [6, 6.07) is 6.35. The lowest BCUT2D eigenvalue weighted by Gasteiger charge is -2.33. The van der Waals surface area contributed by atoms with Crippen LogP contribution in [0.3, 0.4) is 0 Å². The summed E-state index contributed by atoms with van der Waals surface area (Å²) in [5.74, 6) is -0.758. The monoisotopic (exact) mass is 408 g/mol. The average molecular weight is 409 g/mol. The fourth-order valence-corrected chi connectivity index (χ4v) is 4.51. The number of rotatable bonds is 11. The summed E-state index contributed by atoms with van der Waals surface area (Å²) in [6.07, 6.45) is 4.95. The summed E-state index contributed by atoms with van der Waals surface area (Å²) < 4.78 is 29.7. The molecule has 5 nitrogen and oxygen atoms in total. The highest BCUT2D eigenvalue weighted by molar-refractivity contribution is 7.86. The van der Waals surface area contributed by atoms with Crippen LogP contribution in [0.15, 0.2) is 29.2 Å². The van der Waals surface area contributed by atoms with E-state index < -0.39 is 27.7 Å². The van der Waals surface area contributed by atoms with Gasteiger partial charge in [0.2, 0.25) is 11.6 Å². The van der Waals surface area contributed by atoms with Gasteiger partial charge in [-0.15, -0.1) is 0 Å². The Morgan fingerprint density at radius 1 is 0.929 bits per heavy atom. The zero-order valence-electron chi connectivity index (χ0n) is 17.3. The number of benzene rings is 1. The molecule has 0 spiro atoms. The number of Topliss-reactive ketones (excluding diaryl/α,β-unsaturated/α-hetero) is 2. The quantitative estimate of drug-likeness (QED) is 0.402. The molecule has 3 unspecified atom stereocenters. The summed E-state index contributed by atoms with van der Waals surface area (Å²) in [4.78, 5) is 24.0. The van der Waals surface area contributed by atoms with Crippen LogP contribution in [0, 0.1) is 30.6 Å². The van der Waals surface area contributed by atoms with Crippen LogP contribution in [0.4, 0.5) is 0 Å². The molecule has 2 rings (SSSR count). The Kier molecular flexibility index (Phi) is 7.96. The number of ketones is 2. The van der Waals surface area contributed by atoms with Gasteiger partial charge in [-0.1, -0.05) is 57.7 Å². The molecule has 0 aromatic heterocycles. The lowest BCUT2D eigenvalue weighted by Crippen LogP contribution is -2.50. The number of carbonyl (C=O) groups is 2. The molecule has 0 bridgehead atoms. The molecule has 0 radical (unpaired) electrons. The van der Waals surface area contributed by atoms with E-state index in [0.29, 0.717) is 18.3 Å². The Labute approximate surface area is 169 Å². The Morgan fingerprint density at radius 2 is 1.54 bits per heavy atom. The van der Waals surface area contributed by atoms with Crippen LogP contribution in [-0.4, -0.2) is 26.6 Å². The van der Waals surface area contributed by atoms with Gasteiger partial charge in [-0.2, -0.15) is 8.42 Å².